The van der Waals surface area contributed by atoms with E-state index in [9.17, 15) is 18.0 Å². The molecular formula is C29H39N7O5S. The number of ether oxygens (including phenoxy) is 1. The fourth-order valence-electron chi connectivity index (χ4n) is 5.48. The van der Waals surface area contributed by atoms with Crippen LogP contribution in [-0.4, -0.2) is 77.4 Å². The molecule has 4 heterocycles. The number of aromatic nitrogens is 3. The van der Waals surface area contributed by atoms with E-state index in [1.165, 1.54) is 0 Å². The Hall–Kier alpha value is -3.87. The molecule has 3 aromatic rings. The lowest BCUT2D eigenvalue weighted by atomic mass is 9.97. The lowest BCUT2D eigenvalue weighted by Gasteiger charge is -2.41. The summed E-state index contributed by atoms with van der Waals surface area (Å²) >= 11 is 0. The zero-order valence-electron chi connectivity index (χ0n) is 25.0. The average molecular weight is 598 g/mol. The van der Waals surface area contributed by atoms with Gasteiger partial charge in [0, 0.05) is 37.5 Å². The highest BCUT2D eigenvalue weighted by Crippen LogP contribution is 2.34. The Labute approximate surface area is 246 Å². The summed E-state index contributed by atoms with van der Waals surface area (Å²) in [4.78, 5) is 34.8. The highest BCUT2D eigenvalue weighted by Gasteiger charge is 2.34. The van der Waals surface area contributed by atoms with Gasteiger partial charge in [-0.25, -0.2) is 22.7 Å². The van der Waals surface area contributed by atoms with Crippen molar-refractivity contribution in [1.82, 2.24) is 24.8 Å². The van der Waals surface area contributed by atoms with Crippen molar-refractivity contribution in [2.45, 2.75) is 71.6 Å². The van der Waals surface area contributed by atoms with Crippen LogP contribution in [0, 0.1) is 13.8 Å². The number of sulfonamides is 1. The second kappa shape index (κ2) is 11.1. The maximum Gasteiger partial charge on any atom is 0.407 e. The number of nitrogens with one attached hydrogen (secondary N) is 2. The Bertz CT molecular complexity index is 1620. The predicted molar refractivity (Wildman–Crippen MR) is 160 cm³/mol. The zero-order valence-corrected chi connectivity index (χ0v) is 25.8. The second-order valence-corrected chi connectivity index (χ2v) is 14.0. The van der Waals surface area contributed by atoms with Gasteiger partial charge in [-0.2, -0.15) is 5.10 Å². The number of carbonyl (C=O) groups is 2. The number of likely N-dealkylation sites (tertiary alicyclic amines) is 1. The van der Waals surface area contributed by atoms with E-state index in [2.05, 4.69) is 14.9 Å². The molecule has 42 heavy (non-hydrogen) atoms. The van der Waals surface area contributed by atoms with Crippen LogP contribution in [0.3, 0.4) is 0 Å². The molecule has 2 aliphatic heterocycles. The molecule has 5 rings (SSSR count). The number of anilines is 2. The third-order valence-corrected chi connectivity index (χ3v) is 7.92. The normalized spacial score (nSPS) is 18.1. The van der Waals surface area contributed by atoms with Crippen molar-refractivity contribution in [2.24, 2.45) is 0 Å². The fourth-order valence-corrected chi connectivity index (χ4v) is 6.06. The first-order chi connectivity index (χ1) is 19.7. The monoisotopic (exact) mass is 597 g/mol. The third-order valence-electron chi connectivity index (χ3n) is 7.33. The summed E-state index contributed by atoms with van der Waals surface area (Å²) in [5.74, 6) is 0.588. The minimum atomic E-state index is -3.57. The van der Waals surface area contributed by atoms with Gasteiger partial charge in [0.25, 0.3) is 5.91 Å². The molecule has 1 atom stereocenters. The first kappa shape index (κ1) is 29.6. The number of fused-ring (bicyclic) bond motifs is 1. The van der Waals surface area contributed by atoms with Crippen LogP contribution >= 0.6 is 0 Å². The molecular weight excluding hydrogens is 558 g/mol. The summed E-state index contributed by atoms with van der Waals surface area (Å²) in [6.07, 6.45) is 5.12. The van der Waals surface area contributed by atoms with Gasteiger partial charge in [0.15, 0.2) is 5.65 Å². The Kier molecular flexibility index (Phi) is 7.82. The zero-order chi connectivity index (χ0) is 30.4. The minimum absolute atomic E-state index is 0.0248. The third kappa shape index (κ3) is 6.61. The molecule has 2 aromatic heterocycles. The molecule has 0 radical (unpaired) electrons. The van der Waals surface area contributed by atoms with Gasteiger partial charge in [-0.3, -0.25) is 9.52 Å². The molecule has 1 unspecified atom stereocenters. The van der Waals surface area contributed by atoms with Crippen molar-refractivity contribution in [3.05, 3.63) is 52.8 Å². The molecule has 0 bridgehead atoms. The maximum atomic E-state index is 13.9. The van der Waals surface area contributed by atoms with Crippen LogP contribution in [0.1, 0.15) is 73.3 Å². The first-order valence-electron chi connectivity index (χ1n) is 14.2. The number of hydrogen-bond donors (Lipinski definition) is 2. The summed E-state index contributed by atoms with van der Waals surface area (Å²) in [6.45, 7) is 11.1. The molecule has 2 aliphatic rings. The fraction of sp³-hybridized carbons (Fsp3) is 0.517. The van der Waals surface area contributed by atoms with Crippen molar-refractivity contribution in [3.63, 3.8) is 0 Å². The summed E-state index contributed by atoms with van der Waals surface area (Å²) in [5.41, 5.74) is 3.25. The number of alkyl carbamates (subject to hydrolysis) is 1. The van der Waals surface area contributed by atoms with Gasteiger partial charge in [0.1, 0.15) is 11.4 Å². The quantitative estimate of drug-likeness (QED) is 0.438. The molecule has 2 fully saturated rings. The van der Waals surface area contributed by atoms with Gasteiger partial charge >= 0.3 is 6.09 Å². The predicted octanol–water partition coefficient (Wildman–Crippen LogP) is 3.80. The van der Waals surface area contributed by atoms with E-state index in [0.29, 0.717) is 30.8 Å². The Morgan fingerprint density at radius 1 is 1.10 bits per heavy atom. The largest absolute Gasteiger partial charge is 0.444 e. The smallest absolute Gasteiger partial charge is 0.407 e. The standard InChI is InChI=1S/C29H39N7O5S/c1-18-10-11-22(33-42(6,39)40)21(13-18)27(37)35-12-8-7-9-24(35)23-14-25-31-26(19(2)15-36(25)32-23)34-16-20(17-34)30-28(38)41-29(3,4)5/h10-11,13-15,20,24,33H,7-9,12,16-17H2,1-6H3,(H,30,38). The van der Waals surface area contributed by atoms with Crippen LogP contribution in [0.5, 0.6) is 0 Å². The topological polar surface area (TPSA) is 138 Å². The van der Waals surface area contributed by atoms with E-state index in [4.69, 9.17) is 14.8 Å². The van der Waals surface area contributed by atoms with Crippen molar-refractivity contribution >= 4 is 39.2 Å². The van der Waals surface area contributed by atoms with Gasteiger partial charge in [0.2, 0.25) is 10.0 Å². The summed E-state index contributed by atoms with van der Waals surface area (Å²) in [7, 11) is -3.57. The number of carbonyl (C=O) groups excluding carboxylic acids is 2. The second-order valence-electron chi connectivity index (χ2n) is 12.3. The SMILES string of the molecule is Cc1ccc(NS(C)(=O)=O)c(C(=O)N2CCCCC2c2cc3nc(N4CC(NC(=O)OC(C)(C)C)C4)c(C)cn3n2)c1. The first-order valence-corrected chi connectivity index (χ1v) is 16.1. The van der Waals surface area contributed by atoms with Crippen LogP contribution in [-0.2, 0) is 14.8 Å². The van der Waals surface area contributed by atoms with Gasteiger partial charge < -0.3 is 19.9 Å². The van der Waals surface area contributed by atoms with Gasteiger partial charge in [0.05, 0.1) is 35.3 Å². The van der Waals surface area contributed by atoms with Crippen LogP contribution in [0.25, 0.3) is 5.65 Å². The number of nitrogens with zero attached hydrogens (tertiary/aromatic N) is 5. The van der Waals surface area contributed by atoms with E-state index in [0.717, 1.165) is 48.2 Å². The van der Waals surface area contributed by atoms with E-state index in [1.54, 1.807) is 27.6 Å². The molecule has 0 spiro atoms. The molecule has 2 N–H and O–H groups in total. The van der Waals surface area contributed by atoms with Crippen molar-refractivity contribution < 1.29 is 22.7 Å². The highest BCUT2D eigenvalue weighted by molar-refractivity contribution is 7.92. The molecule has 1 aromatic carbocycles. The summed E-state index contributed by atoms with van der Waals surface area (Å²) in [6, 6.07) is 6.75. The van der Waals surface area contributed by atoms with Crippen LogP contribution in [0.4, 0.5) is 16.3 Å². The molecule has 13 heteroatoms. The number of amides is 2. The lowest BCUT2D eigenvalue weighted by Crippen LogP contribution is -2.60. The van der Waals surface area contributed by atoms with Crippen molar-refractivity contribution in [3.8, 4) is 0 Å². The molecule has 2 saturated heterocycles. The number of piperidine rings is 1. The number of aryl methyl sites for hydroxylation is 2. The molecule has 12 nitrogen and oxygen atoms in total. The van der Waals surface area contributed by atoms with Crippen LogP contribution in [0.15, 0.2) is 30.5 Å². The molecule has 0 saturated carbocycles. The number of hydrogen-bond acceptors (Lipinski definition) is 8. The van der Waals surface area contributed by atoms with Crippen molar-refractivity contribution in [1.29, 1.82) is 0 Å². The van der Waals surface area contributed by atoms with E-state index < -0.39 is 21.7 Å². The van der Waals surface area contributed by atoms with Crippen LogP contribution in [0.2, 0.25) is 0 Å². The number of rotatable bonds is 6. The van der Waals surface area contributed by atoms with Crippen molar-refractivity contribution in [2.75, 3.05) is 35.5 Å². The van der Waals surface area contributed by atoms with Crippen LogP contribution < -0.4 is 14.9 Å². The minimum Gasteiger partial charge on any atom is -0.444 e. The summed E-state index contributed by atoms with van der Waals surface area (Å²) in [5, 5.41) is 7.71. The summed E-state index contributed by atoms with van der Waals surface area (Å²) < 4.78 is 33.6. The van der Waals surface area contributed by atoms with E-state index in [-0.39, 0.29) is 23.7 Å². The lowest BCUT2D eigenvalue weighted by molar-refractivity contribution is 0.0495. The molecule has 226 valence electrons. The van der Waals surface area contributed by atoms with Gasteiger partial charge in [-0.1, -0.05) is 11.6 Å². The number of benzene rings is 1. The molecule has 0 aliphatic carbocycles. The van der Waals surface area contributed by atoms with Gasteiger partial charge in [-0.15, -0.1) is 0 Å². The van der Waals surface area contributed by atoms with E-state index in [1.807, 2.05) is 46.9 Å². The highest BCUT2D eigenvalue weighted by atomic mass is 32.2. The van der Waals surface area contributed by atoms with E-state index >= 15 is 0 Å². The molecule has 2 amide bonds. The maximum absolute atomic E-state index is 13.9. The Balaban J connectivity index is 1.36. The Morgan fingerprint density at radius 3 is 2.52 bits per heavy atom. The Morgan fingerprint density at radius 2 is 1.83 bits per heavy atom. The average Bonchev–Trinajstić information content (AvgIpc) is 3.27. The van der Waals surface area contributed by atoms with Gasteiger partial charge in [-0.05, 0) is 66.0 Å².